The van der Waals surface area contributed by atoms with Crippen molar-refractivity contribution in [3.63, 3.8) is 0 Å². The number of nitrogens with one attached hydrogen (secondary N) is 1. The minimum atomic E-state index is -2.23. The number of ether oxygens (including phenoxy) is 3. The van der Waals surface area contributed by atoms with E-state index in [2.05, 4.69) is 5.32 Å². The van der Waals surface area contributed by atoms with Crippen LogP contribution in [-0.4, -0.2) is 110 Å². The minimum Gasteiger partial charge on any atom is -0.452 e. The summed E-state index contributed by atoms with van der Waals surface area (Å²) in [6.07, 6.45) is -8.74. The van der Waals surface area contributed by atoms with Crippen molar-refractivity contribution in [2.24, 2.45) is 5.92 Å². The van der Waals surface area contributed by atoms with E-state index in [1.54, 1.807) is 6.08 Å². The van der Waals surface area contributed by atoms with E-state index in [-0.39, 0.29) is 0 Å². The number of carbonyl (C=O) groups excluding carboxylic acids is 1. The molecule has 2 rings (SSSR count). The summed E-state index contributed by atoms with van der Waals surface area (Å²) in [4.78, 5) is 12.0. The molecule has 0 aromatic heterocycles. The van der Waals surface area contributed by atoms with Crippen LogP contribution in [0, 0.1) is 5.92 Å². The van der Waals surface area contributed by atoms with Gasteiger partial charge in [0.2, 0.25) is 5.91 Å². The Hall–Kier alpha value is -1.35. The fourth-order valence-corrected chi connectivity index (χ4v) is 3.89. The number of carbonyl (C=O) groups is 1. The Morgan fingerprint density at radius 3 is 2.16 bits per heavy atom. The molecule has 12 nitrogen and oxygen atoms in total. The number of amides is 1. The first-order valence-electron chi connectivity index (χ1n) is 10.2. The highest BCUT2D eigenvalue weighted by atomic mass is 16.7. The molecule has 0 spiro atoms. The number of unbranched alkanes of at least 4 members (excludes halogenated alkanes) is 1. The zero-order valence-corrected chi connectivity index (χ0v) is 17.4. The molecule has 2 saturated heterocycles. The van der Waals surface area contributed by atoms with Gasteiger partial charge in [-0.2, -0.15) is 0 Å². The minimum absolute atomic E-state index is 0.607. The van der Waals surface area contributed by atoms with Crippen molar-refractivity contribution < 1.29 is 54.8 Å². The molecule has 2 aliphatic rings. The summed E-state index contributed by atoms with van der Waals surface area (Å²) in [7, 11) is 0. The highest BCUT2D eigenvalue weighted by Crippen LogP contribution is 2.41. The summed E-state index contributed by atoms with van der Waals surface area (Å²) in [5.41, 5.74) is 0. The van der Waals surface area contributed by atoms with Gasteiger partial charge in [-0.15, -0.1) is 0 Å². The first-order chi connectivity index (χ1) is 14.6. The lowest BCUT2D eigenvalue weighted by Crippen LogP contribution is -2.75. The van der Waals surface area contributed by atoms with E-state index < -0.39 is 79.8 Å². The molecular formula is C19H33NO11. The number of rotatable bonds is 8. The largest absolute Gasteiger partial charge is 0.452 e. The van der Waals surface area contributed by atoms with Crippen molar-refractivity contribution in [2.45, 2.75) is 81.4 Å². The van der Waals surface area contributed by atoms with Crippen molar-refractivity contribution in [3.8, 4) is 0 Å². The highest BCUT2D eigenvalue weighted by Gasteiger charge is 2.63. The van der Waals surface area contributed by atoms with Crippen molar-refractivity contribution >= 4 is 5.91 Å². The maximum Gasteiger partial charge on any atom is 0.302 e. The van der Waals surface area contributed by atoms with Crippen LogP contribution in [0.15, 0.2) is 12.3 Å². The zero-order chi connectivity index (χ0) is 23.3. The second-order valence-corrected chi connectivity index (χ2v) is 7.77. The molecule has 0 aromatic rings. The summed E-state index contributed by atoms with van der Waals surface area (Å²) in [6.45, 7) is 1.60. The average molecular weight is 451 g/mol. The van der Waals surface area contributed by atoms with E-state index in [0.717, 1.165) is 13.3 Å². The van der Waals surface area contributed by atoms with E-state index in [0.29, 0.717) is 6.42 Å². The Bertz CT molecular complexity index is 618. The molecule has 2 fully saturated rings. The van der Waals surface area contributed by atoms with Crippen LogP contribution >= 0.6 is 0 Å². The Labute approximate surface area is 179 Å². The van der Waals surface area contributed by atoms with E-state index in [4.69, 9.17) is 14.2 Å². The van der Waals surface area contributed by atoms with Crippen LogP contribution in [0.2, 0.25) is 0 Å². The van der Waals surface area contributed by atoms with Crippen LogP contribution in [-0.2, 0) is 19.0 Å². The Morgan fingerprint density at radius 2 is 1.61 bits per heavy atom. The lowest BCUT2D eigenvalue weighted by Gasteiger charge is -2.54. The molecule has 2 heterocycles. The first kappa shape index (κ1) is 25.9. The van der Waals surface area contributed by atoms with Crippen LogP contribution in [0.5, 0.6) is 0 Å². The van der Waals surface area contributed by atoms with Crippen LogP contribution in [0.1, 0.15) is 26.7 Å². The van der Waals surface area contributed by atoms with Gasteiger partial charge in [0.1, 0.15) is 48.6 Å². The quantitative estimate of drug-likeness (QED) is 0.136. The van der Waals surface area contributed by atoms with E-state index in [1.165, 1.54) is 6.26 Å². The van der Waals surface area contributed by atoms with Crippen molar-refractivity contribution in [1.82, 2.24) is 5.32 Å². The standard InChI is InChI=1S/C19H33NO11/c1-3-4-5-6-29-19(20-9(2)23)12(15(26)14(25)11(8-22)31-19)18-17(28)16(27)13(24)10(7-21)30-18/h5-6,10-18,21-22,24-28H,3-4,7-8H2,1-2H3,(H,20,23)/t10-,11-,12-,13+,14-,15-,16+,17-,18+,19-/m1/s1. The van der Waals surface area contributed by atoms with Crippen LogP contribution in [0.25, 0.3) is 0 Å². The zero-order valence-electron chi connectivity index (χ0n) is 17.4. The molecule has 1 amide bonds. The van der Waals surface area contributed by atoms with Gasteiger partial charge in [0.15, 0.2) is 0 Å². The van der Waals surface area contributed by atoms with Gasteiger partial charge in [0, 0.05) is 6.92 Å². The van der Waals surface area contributed by atoms with Crippen LogP contribution in [0.4, 0.5) is 0 Å². The second kappa shape index (κ2) is 11.0. The molecule has 0 radical (unpaired) electrons. The molecule has 12 heteroatoms. The monoisotopic (exact) mass is 451 g/mol. The van der Waals surface area contributed by atoms with Crippen molar-refractivity contribution in [3.05, 3.63) is 12.3 Å². The van der Waals surface area contributed by atoms with E-state index in [1.807, 2.05) is 6.92 Å². The molecule has 0 aromatic carbocycles. The smallest absolute Gasteiger partial charge is 0.302 e. The molecule has 10 atom stereocenters. The van der Waals surface area contributed by atoms with Gasteiger partial charge in [-0.1, -0.05) is 13.3 Å². The predicted molar refractivity (Wildman–Crippen MR) is 103 cm³/mol. The van der Waals surface area contributed by atoms with Gasteiger partial charge >= 0.3 is 5.91 Å². The normalized spacial score (nSPS) is 43.7. The number of hydrogen-bond donors (Lipinski definition) is 8. The lowest BCUT2D eigenvalue weighted by molar-refractivity contribution is -0.376. The summed E-state index contributed by atoms with van der Waals surface area (Å²) in [5, 5.41) is 73.6. The lowest BCUT2D eigenvalue weighted by atomic mass is 9.78. The average Bonchev–Trinajstić information content (AvgIpc) is 2.73. The van der Waals surface area contributed by atoms with Gasteiger partial charge in [-0.25, -0.2) is 0 Å². The molecule has 0 saturated carbocycles. The molecule has 2 aliphatic heterocycles. The van der Waals surface area contributed by atoms with Gasteiger partial charge < -0.3 is 50.0 Å². The van der Waals surface area contributed by atoms with Gasteiger partial charge in [0.25, 0.3) is 0 Å². The van der Waals surface area contributed by atoms with Gasteiger partial charge in [-0.05, 0) is 12.5 Å². The third-order valence-corrected chi connectivity index (χ3v) is 5.47. The fraction of sp³-hybridized carbons (Fsp3) is 0.842. The topological polar surface area (TPSA) is 198 Å². The second-order valence-electron chi connectivity index (χ2n) is 7.77. The fourth-order valence-electron chi connectivity index (χ4n) is 3.89. The van der Waals surface area contributed by atoms with Crippen molar-refractivity contribution in [2.75, 3.05) is 13.2 Å². The maximum absolute atomic E-state index is 12.0. The molecule has 180 valence electrons. The molecule has 0 aliphatic carbocycles. The van der Waals surface area contributed by atoms with E-state index >= 15 is 0 Å². The van der Waals surface area contributed by atoms with Crippen LogP contribution < -0.4 is 5.32 Å². The van der Waals surface area contributed by atoms with Gasteiger partial charge in [-0.3, -0.25) is 10.1 Å². The summed E-state index contributed by atoms with van der Waals surface area (Å²) < 4.78 is 16.9. The van der Waals surface area contributed by atoms with E-state index in [9.17, 15) is 40.5 Å². The number of hydrogen-bond acceptors (Lipinski definition) is 11. The third-order valence-electron chi connectivity index (χ3n) is 5.47. The number of aliphatic hydroxyl groups is 7. The molecule has 31 heavy (non-hydrogen) atoms. The van der Waals surface area contributed by atoms with Crippen molar-refractivity contribution in [1.29, 1.82) is 0 Å². The maximum atomic E-state index is 12.0. The summed E-state index contributed by atoms with van der Waals surface area (Å²) in [6, 6.07) is 0. The molecule has 0 unspecified atom stereocenters. The highest BCUT2D eigenvalue weighted by molar-refractivity contribution is 5.73. The molecular weight excluding hydrogens is 418 g/mol. The Balaban J connectivity index is 2.53. The van der Waals surface area contributed by atoms with Crippen LogP contribution in [0.3, 0.4) is 0 Å². The number of aliphatic hydroxyl groups excluding tert-OH is 7. The SMILES string of the molecule is CCCC=CO[C@@]1(NC(C)=O)O[C@H](CO)[C@@H](O)[C@H](O)[C@@H]1[C@@H]1O[C@H](CO)[C@H](O)[C@H](O)[C@H]1O. The summed E-state index contributed by atoms with van der Waals surface area (Å²) >= 11 is 0. The molecule has 0 bridgehead atoms. The number of allylic oxidation sites excluding steroid dienone is 1. The summed E-state index contributed by atoms with van der Waals surface area (Å²) in [5.74, 6) is -4.44. The Morgan fingerprint density at radius 1 is 1.00 bits per heavy atom. The Kier molecular flexibility index (Phi) is 9.18. The first-order valence-corrected chi connectivity index (χ1v) is 10.2. The van der Waals surface area contributed by atoms with Gasteiger partial charge in [0.05, 0.1) is 25.6 Å². The third kappa shape index (κ3) is 5.35. The molecule has 8 N–H and O–H groups in total. The predicted octanol–water partition coefficient (Wildman–Crippen LogP) is -3.32.